The third-order valence-corrected chi connectivity index (χ3v) is 7.43. The molecule has 1 aliphatic rings. The van der Waals surface area contributed by atoms with E-state index in [1.54, 1.807) is 13.8 Å². The molecule has 1 saturated heterocycles. The second-order valence-corrected chi connectivity index (χ2v) is 11.5. The lowest BCUT2D eigenvalue weighted by molar-refractivity contribution is -0.165. The zero-order valence-corrected chi connectivity index (χ0v) is 25.8. The summed E-state index contributed by atoms with van der Waals surface area (Å²) in [6, 6.07) is 35.2. The van der Waals surface area contributed by atoms with E-state index in [1.165, 1.54) is 0 Å². The van der Waals surface area contributed by atoms with Gasteiger partial charge in [-0.05, 0) is 37.1 Å². The molecule has 1 heterocycles. The predicted molar refractivity (Wildman–Crippen MR) is 170 cm³/mol. The lowest BCUT2D eigenvalue weighted by atomic mass is 10.0. The van der Waals surface area contributed by atoms with Crippen LogP contribution in [-0.2, 0) is 45.4 Å². The van der Waals surface area contributed by atoms with Crippen molar-refractivity contribution in [1.82, 2.24) is 0 Å². The second-order valence-electron chi connectivity index (χ2n) is 11.5. The standard InChI is InChI=1S/C37H42O8/c1-37(2)44-35(31(38)25-40-23-29-17-9-11-19-33(29)42-21-27-13-5-3-6-14-27)36(45-37)32(39)26-41-24-30-18-10-12-20-34(30)43-22-28-15-7-4-8-16-28/h3-20,31-32,35-36,38-39H,21-26H2,1-2H3/t31-,32-,35-,36-/m1/s1. The van der Waals surface area contributed by atoms with E-state index in [4.69, 9.17) is 28.4 Å². The molecule has 0 aromatic heterocycles. The molecule has 45 heavy (non-hydrogen) atoms. The maximum atomic E-state index is 11.1. The Morgan fingerprint density at radius 3 is 1.36 bits per heavy atom. The normalized spacial score (nSPS) is 18.8. The van der Waals surface area contributed by atoms with E-state index < -0.39 is 30.2 Å². The molecule has 0 unspecified atom stereocenters. The summed E-state index contributed by atoms with van der Waals surface area (Å²) >= 11 is 0. The van der Waals surface area contributed by atoms with E-state index in [2.05, 4.69) is 0 Å². The maximum absolute atomic E-state index is 11.1. The van der Waals surface area contributed by atoms with Crippen molar-refractivity contribution < 1.29 is 38.6 Å². The van der Waals surface area contributed by atoms with Crippen LogP contribution >= 0.6 is 0 Å². The predicted octanol–water partition coefficient (Wildman–Crippen LogP) is 5.82. The van der Waals surface area contributed by atoms with Gasteiger partial charge in [-0.2, -0.15) is 0 Å². The van der Waals surface area contributed by atoms with Gasteiger partial charge in [0.05, 0.1) is 26.4 Å². The summed E-state index contributed by atoms with van der Waals surface area (Å²) in [5.41, 5.74) is 3.86. The highest BCUT2D eigenvalue weighted by Gasteiger charge is 2.48. The topological polar surface area (TPSA) is 95.8 Å². The Morgan fingerprint density at radius 2 is 0.933 bits per heavy atom. The van der Waals surface area contributed by atoms with E-state index >= 15 is 0 Å². The average molecular weight is 615 g/mol. The summed E-state index contributed by atoms with van der Waals surface area (Å²) in [4.78, 5) is 0. The minimum Gasteiger partial charge on any atom is -0.489 e. The van der Waals surface area contributed by atoms with E-state index in [9.17, 15) is 10.2 Å². The van der Waals surface area contributed by atoms with Crippen molar-refractivity contribution in [3.05, 3.63) is 131 Å². The van der Waals surface area contributed by atoms with Crippen molar-refractivity contribution in [2.75, 3.05) is 13.2 Å². The van der Waals surface area contributed by atoms with Crippen LogP contribution < -0.4 is 9.47 Å². The van der Waals surface area contributed by atoms with Gasteiger partial charge in [-0.3, -0.25) is 0 Å². The van der Waals surface area contributed by atoms with Crippen LogP contribution in [0.15, 0.2) is 109 Å². The lowest BCUT2D eigenvalue weighted by Gasteiger charge is -2.26. The van der Waals surface area contributed by atoms with Crippen LogP contribution in [0.25, 0.3) is 0 Å². The summed E-state index contributed by atoms with van der Waals surface area (Å²) in [7, 11) is 0. The second kappa shape index (κ2) is 16.0. The van der Waals surface area contributed by atoms with Gasteiger partial charge in [0, 0.05) is 11.1 Å². The highest BCUT2D eigenvalue weighted by Crippen LogP contribution is 2.32. The van der Waals surface area contributed by atoms with E-state index in [0.717, 1.165) is 33.8 Å². The minimum atomic E-state index is -1.05. The highest BCUT2D eigenvalue weighted by molar-refractivity contribution is 5.34. The number of ether oxygens (including phenoxy) is 6. The summed E-state index contributed by atoms with van der Waals surface area (Å²) in [6.07, 6.45) is -3.72. The van der Waals surface area contributed by atoms with Gasteiger partial charge in [0.25, 0.3) is 0 Å². The van der Waals surface area contributed by atoms with Gasteiger partial charge in [-0.15, -0.1) is 0 Å². The largest absolute Gasteiger partial charge is 0.489 e. The molecule has 1 fully saturated rings. The van der Waals surface area contributed by atoms with E-state index in [1.807, 2.05) is 109 Å². The number of hydrogen-bond acceptors (Lipinski definition) is 8. The van der Waals surface area contributed by atoms with Crippen LogP contribution in [0.5, 0.6) is 11.5 Å². The quantitative estimate of drug-likeness (QED) is 0.163. The van der Waals surface area contributed by atoms with E-state index in [-0.39, 0.29) is 26.4 Å². The smallest absolute Gasteiger partial charge is 0.164 e. The van der Waals surface area contributed by atoms with Crippen molar-refractivity contribution in [2.24, 2.45) is 0 Å². The molecule has 0 bridgehead atoms. The van der Waals surface area contributed by atoms with Crippen LogP contribution in [0.2, 0.25) is 0 Å². The zero-order chi connectivity index (χ0) is 31.5. The van der Waals surface area contributed by atoms with Gasteiger partial charge in [0.1, 0.15) is 49.1 Å². The third-order valence-electron chi connectivity index (χ3n) is 7.43. The number of aliphatic hydroxyl groups excluding tert-OH is 2. The first-order valence-corrected chi connectivity index (χ1v) is 15.2. The molecule has 1 aliphatic heterocycles. The zero-order valence-electron chi connectivity index (χ0n) is 25.8. The van der Waals surface area contributed by atoms with Gasteiger partial charge in [-0.25, -0.2) is 0 Å². The summed E-state index contributed by atoms with van der Waals surface area (Å²) < 4.78 is 35.9. The first kappa shape index (κ1) is 32.6. The molecule has 5 rings (SSSR count). The average Bonchev–Trinajstić information content (AvgIpc) is 3.40. The minimum absolute atomic E-state index is 0.0205. The van der Waals surface area contributed by atoms with Gasteiger partial charge in [0.15, 0.2) is 5.79 Å². The van der Waals surface area contributed by atoms with Gasteiger partial charge < -0.3 is 38.6 Å². The van der Waals surface area contributed by atoms with Crippen molar-refractivity contribution >= 4 is 0 Å². The number of aliphatic hydroxyl groups is 2. The molecule has 0 radical (unpaired) electrons. The maximum Gasteiger partial charge on any atom is 0.164 e. The molecule has 0 saturated carbocycles. The molecule has 0 aliphatic carbocycles. The molecule has 0 amide bonds. The van der Waals surface area contributed by atoms with Crippen molar-refractivity contribution in [3.8, 4) is 11.5 Å². The van der Waals surface area contributed by atoms with Gasteiger partial charge >= 0.3 is 0 Å². The fourth-order valence-corrected chi connectivity index (χ4v) is 5.18. The van der Waals surface area contributed by atoms with Crippen LogP contribution in [0.4, 0.5) is 0 Å². The molecular weight excluding hydrogens is 572 g/mol. The molecule has 8 nitrogen and oxygen atoms in total. The SMILES string of the molecule is CC1(C)O[C@H]([C@H](O)COCc2ccccc2OCc2ccccc2)[C@@H]([C@H](O)COCc2ccccc2OCc2ccccc2)O1. The number of rotatable bonds is 16. The monoisotopic (exact) mass is 614 g/mol. The van der Waals surface area contributed by atoms with Crippen LogP contribution in [0.1, 0.15) is 36.1 Å². The molecule has 4 aromatic rings. The van der Waals surface area contributed by atoms with Gasteiger partial charge in [0.2, 0.25) is 0 Å². The van der Waals surface area contributed by atoms with Crippen molar-refractivity contribution in [2.45, 2.75) is 70.5 Å². The fourth-order valence-electron chi connectivity index (χ4n) is 5.18. The Bertz CT molecular complexity index is 1340. The molecule has 4 aromatic carbocycles. The Labute approximate surface area is 265 Å². The van der Waals surface area contributed by atoms with Crippen molar-refractivity contribution in [1.29, 1.82) is 0 Å². The summed E-state index contributed by atoms with van der Waals surface area (Å²) in [6.45, 7) is 4.82. The van der Waals surface area contributed by atoms with Crippen LogP contribution in [-0.4, -0.2) is 53.6 Å². The number of para-hydroxylation sites is 2. The first-order chi connectivity index (χ1) is 21.9. The lowest BCUT2D eigenvalue weighted by Crippen LogP contribution is -2.45. The number of hydrogen-bond donors (Lipinski definition) is 2. The van der Waals surface area contributed by atoms with Gasteiger partial charge in [-0.1, -0.05) is 97.1 Å². The molecule has 8 heteroatoms. The van der Waals surface area contributed by atoms with Crippen LogP contribution in [0.3, 0.4) is 0 Å². The molecule has 238 valence electrons. The van der Waals surface area contributed by atoms with Crippen molar-refractivity contribution in [3.63, 3.8) is 0 Å². The number of benzene rings is 4. The molecular formula is C37H42O8. The molecule has 4 atom stereocenters. The molecule has 2 N–H and O–H groups in total. The highest BCUT2D eigenvalue weighted by atomic mass is 16.8. The third kappa shape index (κ3) is 9.61. The van der Waals surface area contributed by atoms with E-state index in [0.29, 0.717) is 13.2 Å². The first-order valence-electron chi connectivity index (χ1n) is 15.2. The van der Waals surface area contributed by atoms with Crippen LogP contribution in [0, 0.1) is 0 Å². The Hall–Kier alpha value is -3.76. The molecule has 0 spiro atoms. The Balaban J connectivity index is 1.11. The summed E-state index contributed by atoms with van der Waals surface area (Å²) in [5.74, 6) is 0.442. The summed E-state index contributed by atoms with van der Waals surface area (Å²) in [5, 5.41) is 22.1. The Morgan fingerprint density at radius 1 is 0.556 bits per heavy atom. The Kier molecular flexibility index (Phi) is 11.6. The fraction of sp³-hybridized carbons (Fsp3) is 0.351.